The number of amides is 1. The second-order valence-electron chi connectivity index (χ2n) is 2.62. The van der Waals surface area contributed by atoms with E-state index >= 15 is 0 Å². The summed E-state index contributed by atoms with van der Waals surface area (Å²) in [5, 5.41) is 0. The summed E-state index contributed by atoms with van der Waals surface area (Å²) < 4.78 is 4.94. The zero-order valence-corrected chi connectivity index (χ0v) is 7.94. The Labute approximate surface area is 77.1 Å². The first-order valence-electron chi connectivity index (χ1n) is 3.90. The fraction of sp³-hybridized carbons (Fsp3) is 0.333. The number of nitrogens with zero attached hydrogens (tertiary/aromatic N) is 2. The van der Waals surface area contributed by atoms with Crippen molar-refractivity contribution in [3.05, 3.63) is 18.2 Å². The molecule has 0 unspecified atom stereocenters. The Morgan fingerprint density at radius 1 is 1.54 bits per heavy atom. The van der Waals surface area contributed by atoms with Gasteiger partial charge in [-0.2, -0.15) is 4.98 Å². The van der Waals surface area contributed by atoms with Crippen LogP contribution in [0.15, 0.2) is 18.2 Å². The summed E-state index contributed by atoms with van der Waals surface area (Å²) >= 11 is 0. The summed E-state index contributed by atoms with van der Waals surface area (Å²) in [7, 11) is 3.21. The van der Waals surface area contributed by atoms with E-state index in [0.717, 1.165) is 0 Å². The Bertz CT molecular complexity index is 312. The van der Waals surface area contributed by atoms with Gasteiger partial charge >= 0.3 is 0 Å². The van der Waals surface area contributed by atoms with Crippen molar-refractivity contribution in [2.45, 2.75) is 6.92 Å². The molecule has 1 heterocycles. The van der Waals surface area contributed by atoms with Crippen LogP contribution in [0.5, 0.6) is 5.88 Å². The van der Waals surface area contributed by atoms with Crippen molar-refractivity contribution in [1.82, 2.24) is 4.98 Å². The highest BCUT2D eigenvalue weighted by Crippen LogP contribution is 2.13. The van der Waals surface area contributed by atoms with Gasteiger partial charge in [0.25, 0.3) is 0 Å². The third-order valence-corrected chi connectivity index (χ3v) is 1.73. The number of hydrogen-bond acceptors (Lipinski definition) is 3. The van der Waals surface area contributed by atoms with Gasteiger partial charge in [0, 0.05) is 20.0 Å². The van der Waals surface area contributed by atoms with Crippen LogP contribution in [0.1, 0.15) is 6.92 Å². The molecule has 0 fully saturated rings. The van der Waals surface area contributed by atoms with Crippen LogP contribution in [0, 0.1) is 0 Å². The van der Waals surface area contributed by atoms with Gasteiger partial charge in [0.2, 0.25) is 11.8 Å². The first-order valence-corrected chi connectivity index (χ1v) is 3.90. The Morgan fingerprint density at radius 3 is 2.77 bits per heavy atom. The summed E-state index contributed by atoms with van der Waals surface area (Å²) in [6.07, 6.45) is 0. The third-order valence-electron chi connectivity index (χ3n) is 1.73. The average molecular weight is 180 g/mol. The Morgan fingerprint density at radius 2 is 2.23 bits per heavy atom. The zero-order valence-electron chi connectivity index (χ0n) is 7.94. The van der Waals surface area contributed by atoms with Crippen LogP contribution in [0.25, 0.3) is 0 Å². The van der Waals surface area contributed by atoms with Gasteiger partial charge in [-0.25, -0.2) is 0 Å². The topological polar surface area (TPSA) is 42.4 Å². The SMILES string of the molecule is COc1cccc(N(C)C(C)=O)n1. The van der Waals surface area contributed by atoms with Crippen LogP contribution in [0.3, 0.4) is 0 Å². The first kappa shape index (κ1) is 9.51. The summed E-state index contributed by atoms with van der Waals surface area (Å²) in [6, 6.07) is 5.28. The van der Waals surface area contributed by atoms with E-state index in [9.17, 15) is 4.79 Å². The van der Waals surface area contributed by atoms with Crippen LogP contribution in [0.4, 0.5) is 5.82 Å². The molecule has 1 amide bonds. The van der Waals surface area contributed by atoms with Gasteiger partial charge in [-0.1, -0.05) is 6.07 Å². The van der Waals surface area contributed by atoms with Crippen molar-refractivity contribution in [3.8, 4) is 5.88 Å². The van der Waals surface area contributed by atoms with Crippen LogP contribution >= 0.6 is 0 Å². The maximum atomic E-state index is 11.0. The molecule has 0 aliphatic rings. The smallest absolute Gasteiger partial charge is 0.224 e. The van der Waals surface area contributed by atoms with Crippen molar-refractivity contribution < 1.29 is 9.53 Å². The zero-order chi connectivity index (χ0) is 9.84. The van der Waals surface area contributed by atoms with Gasteiger partial charge in [0.15, 0.2) is 0 Å². The van der Waals surface area contributed by atoms with Crippen molar-refractivity contribution in [2.24, 2.45) is 0 Å². The highest BCUT2D eigenvalue weighted by Gasteiger charge is 2.06. The molecule has 1 aromatic heterocycles. The van der Waals surface area contributed by atoms with Crippen LogP contribution in [-0.4, -0.2) is 25.0 Å². The first-order chi connectivity index (χ1) is 6.15. The van der Waals surface area contributed by atoms with Crippen molar-refractivity contribution in [3.63, 3.8) is 0 Å². The molecule has 4 nitrogen and oxygen atoms in total. The van der Waals surface area contributed by atoms with E-state index in [4.69, 9.17) is 4.74 Å². The standard InChI is InChI=1S/C9H12N2O2/c1-7(12)11(2)8-5-4-6-9(10-8)13-3/h4-6H,1-3H3. The minimum Gasteiger partial charge on any atom is -0.481 e. The van der Waals surface area contributed by atoms with E-state index in [1.54, 1.807) is 32.4 Å². The number of methoxy groups -OCH3 is 1. The second kappa shape index (κ2) is 3.89. The van der Waals surface area contributed by atoms with Gasteiger partial charge in [0.1, 0.15) is 5.82 Å². The van der Waals surface area contributed by atoms with Crippen LogP contribution in [-0.2, 0) is 4.79 Å². The van der Waals surface area contributed by atoms with Gasteiger partial charge in [-0.3, -0.25) is 4.79 Å². The lowest BCUT2D eigenvalue weighted by Crippen LogP contribution is -2.23. The lowest BCUT2D eigenvalue weighted by molar-refractivity contribution is -0.116. The maximum absolute atomic E-state index is 11.0. The van der Waals surface area contributed by atoms with Crippen LogP contribution < -0.4 is 9.64 Å². The fourth-order valence-electron chi connectivity index (χ4n) is 0.866. The summed E-state index contributed by atoms with van der Waals surface area (Å²) in [4.78, 5) is 16.5. The summed E-state index contributed by atoms with van der Waals surface area (Å²) in [5.41, 5.74) is 0. The molecular formula is C9H12N2O2. The molecule has 0 saturated carbocycles. The Kier molecular flexibility index (Phi) is 2.84. The molecule has 4 heteroatoms. The molecule has 70 valence electrons. The van der Waals surface area contributed by atoms with Gasteiger partial charge in [0.05, 0.1) is 7.11 Å². The molecule has 0 bridgehead atoms. The van der Waals surface area contributed by atoms with E-state index in [-0.39, 0.29) is 5.91 Å². The second-order valence-corrected chi connectivity index (χ2v) is 2.62. The molecule has 0 atom stereocenters. The molecular weight excluding hydrogens is 168 g/mol. The molecule has 0 spiro atoms. The summed E-state index contributed by atoms with van der Waals surface area (Å²) in [6.45, 7) is 1.49. The molecule has 0 aliphatic carbocycles. The number of hydrogen-bond donors (Lipinski definition) is 0. The normalized spacial score (nSPS) is 9.46. The Balaban J connectivity index is 2.94. The Hall–Kier alpha value is -1.58. The number of anilines is 1. The molecule has 13 heavy (non-hydrogen) atoms. The van der Waals surface area contributed by atoms with E-state index in [2.05, 4.69) is 4.98 Å². The molecule has 0 radical (unpaired) electrons. The van der Waals surface area contributed by atoms with Crippen molar-refractivity contribution in [2.75, 3.05) is 19.1 Å². The molecule has 1 rings (SSSR count). The third kappa shape index (κ3) is 2.18. The number of carbonyl (C=O) groups excluding carboxylic acids is 1. The highest BCUT2D eigenvalue weighted by atomic mass is 16.5. The number of rotatable bonds is 2. The minimum atomic E-state index is -0.0549. The van der Waals surface area contributed by atoms with Gasteiger partial charge in [-0.05, 0) is 6.07 Å². The van der Waals surface area contributed by atoms with Gasteiger partial charge < -0.3 is 9.64 Å². The lowest BCUT2D eigenvalue weighted by atomic mass is 10.4. The molecule has 0 aliphatic heterocycles. The monoisotopic (exact) mass is 180 g/mol. The fourth-order valence-corrected chi connectivity index (χ4v) is 0.866. The predicted molar refractivity (Wildman–Crippen MR) is 49.9 cm³/mol. The molecule has 1 aromatic rings. The number of pyridine rings is 1. The van der Waals surface area contributed by atoms with E-state index in [1.807, 2.05) is 0 Å². The number of carbonyl (C=O) groups is 1. The number of aromatic nitrogens is 1. The molecule has 0 N–H and O–H groups in total. The highest BCUT2D eigenvalue weighted by molar-refractivity contribution is 5.89. The molecule has 0 aromatic carbocycles. The largest absolute Gasteiger partial charge is 0.481 e. The minimum absolute atomic E-state index is 0.0549. The summed E-state index contributed by atoms with van der Waals surface area (Å²) in [5.74, 6) is 1.04. The van der Waals surface area contributed by atoms with Gasteiger partial charge in [-0.15, -0.1) is 0 Å². The van der Waals surface area contributed by atoms with Crippen molar-refractivity contribution >= 4 is 11.7 Å². The van der Waals surface area contributed by atoms with E-state index in [1.165, 1.54) is 11.8 Å². The average Bonchev–Trinajstić information content (AvgIpc) is 2.16. The quantitative estimate of drug-likeness (QED) is 0.683. The number of ether oxygens (including phenoxy) is 1. The lowest BCUT2D eigenvalue weighted by Gasteiger charge is -2.13. The van der Waals surface area contributed by atoms with Crippen molar-refractivity contribution in [1.29, 1.82) is 0 Å². The maximum Gasteiger partial charge on any atom is 0.224 e. The van der Waals surface area contributed by atoms with Crippen LogP contribution in [0.2, 0.25) is 0 Å². The molecule has 0 saturated heterocycles. The van der Waals surface area contributed by atoms with E-state index < -0.39 is 0 Å². The van der Waals surface area contributed by atoms with E-state index in [0.29, 0.717) is 11.7 Å². The predicted octanol–water partition coefficient (Wildman–Crippen LogP) is 1.07.